The van der Waals surface area contributed by atoms with Crippen LogP contribution >= 0.6 is 0 Å². The second kappa shape index (κ2) is 4.97. The van der Waals surface area contributed by atoms with Gasteiger partial charge in [0, 0.05) is 19.1 Å². The van der Waals surface area contributed by atoms with Gasteiger partial charge in [-0.2, -0.15) is 0 Å². The lowest BCUT2D eigenvalue weighted by Gasteiger charge is -2.32. The average Bonchev–Trinajstić information content (AvgIpc) is 2.16. The molecule has 0 unspecified atom stereocenters. The Kier molecular flexibility index (Phi) is 3.62. The van der Waals surface area contributed by atoms with Gasteiger partial charge in [0.05, 0.1) is 5.92 Å². The summed E-state index contributed by atoms with van der Waals surface area (Å²) in [7, 11) is 0. The number of carbonyl (C=O) groups excluding carboxylic acids is 1. The minimum atomic E-state index is 0.244. The molecule has 2 N–H and O–H groups in total. The van der Waals surface area contributed by atoms with Gasteiger partial charge in [-0.25, -0.2) is 0 Å². The highest BCUT2D eigenvalue weighted by molar-refractivity contribution is 5.80. The number of rotatable bonds is 3. The van der Waals surface area contributed by atoms with E-state index < -0.39 is 0 Å². The lowest BCUT2D eigenvalue weighted by Crippen LogP contribution is -2.53. The Morgan fingerprint density at radius 1 is 1.27 bits per heavy atom. The van der Waals surface area contributed by atoms with Gasteiger partial charge < -0.3 is 10.6 Å². The molecule has 1 saturated carbocycles. The zero-order chi connectivity index (χ0) is 10.7. The molecule has 2 aliphatic rings. The van der Waals surface area contributed by atoms with Gasteiger partial charge in [0.25, 0.3) is 0 Å². The van der Waals surface area contributed by atoms with Gasteiger partial charge in [-0.15, -0.1) is 0 Å². The van der Waals surface area contributed by atoms with Crippen LogP contribution in [-0.2, 0) is 4.79 Å². The number of nitrogens with one attached hydrogen (secondary N) is 2. The maximum absolute atomic E-state index is 11.7. The Balaban J connectivity index is 1.69. The highest BCUT2D eigenvalue weighted by atomic mass is 16.2. The first-order valence-electron chi connectivity index (χ1n) is 6.30. The van der Waals surface area contributed by atoms with Crippen molar-refractivity contribution in [1.82, 2.24) is 10.6 Å². The van der Waals surface area contributed by atoms with Crippen LogP contribution in [0.2, 0.25) is 0 Å². The van der Waals surface area contributed by atoms with Crippen molar-refractivity contribution < 1.29 is 4.79 Å². The van der Waals surface area contributed by atoms with E-state index in [4.69, 9.17) is 0 Å². The molecule has 1 aliphatic heterocycles. The topological polar surface area (TPSA) is 41.1 Å². The van der Waals surface area contributed by atoms with E-state index >= 15 is 0 Å². The van der Waals surface area contributed by atoms with Crippen molar-refractivity contribution in [2.75, 3.05) is 13.1 Å². The van der Waals surface area contributed by atoms with E-state index in [1.807, 2.05) is 0 Å². The maximum atomic E-state index is 11.7. The summed E-state index contributed by atoms with van der Waals surface area (Å²) in [6.45, 7) is 4.01. The highest BCUT2D eigenvalue weighted by Crippen LogP contribution is 2.26. The zero-order valence-corrected chi connectivity index (χ0v) is 9.59. The molecule has 1 saturated heterocycles. The molecule has 0 aromatic carbocycles. The van der Waals surface area contributed by atoms with Gasteiger partial charge in [0.1, 0.15) is 0 Å². The number of amides is 1. The van der Waals surface area contributed by atoms with Crippen molar-refractivity contribution >= 4 is 5.91 Å². The molecule has 0 aromatic heterocycles. The minimum Gasteiger partial charge on any atom is -0.353 e. The van der Waals surface area contributed by atoms with Crippen LogP contribution in [0.25, 0.3) is 0 Å². The van der Waals surface area contributed by atoms with Crippen molar-refractivity contribution in [3.05, 3.63) is 0 Å². The molecule has 0 bridgehead atoms. The van der Waals surface area contributed by atoms with Crippen LogP contribution in [0.15, 0.2) is 0 Å². The first-order valence-corrected chi connectivity index (χ1v) is 6.30. The number of carbonyl (C=O) groups is 1. The Hall–Kier alpha value is -0.570. The van der Waals surface area contributed by atoms with Crippen molar-refractivity contribution in [3.63, 3.8) is 0 Å². The van der Waals surface area contributed by atoms with Crippen molar-refractivity contribution in [2.45, 2.75) is 45.1 Å². The first kappa shape index (κ1) is 10.9. The van der Waals surface area contributed by atoms with Crippen molar-refractivity contribution in [3.8, 4) is 0 Å². The highest BCUT2D eigenvalue weighted by Gasteiger charge is 2.28. The third kappa shape index (κ3) is 2.71. The van der Waals surface area contributed by atoms with Gasteiger partial charge in [-0.1, -0.05) is 13.3 Å². The summed E-state index contributed by atoms with van der Waals surface area (Å²) in [5.74, 6) is 1.42. The van der Waals surface area contributed by atoms with E-state index in [1.54, 1.807) is 0 Å². The molecule has 0 radical (unpaired) electrons. The van der Waals surface area contributed by atoms with E-state index in [0.717, 1.165) is 19.0 Å². The largest absolute Gasteiger partial charge is 0.353 e. The summed E-state index contributed by atoms with van der Waals surface area (Å²) in [6.07, 6.45) is 6.26. The molecule has 86 valence electrons. The average molecular weight is 210 g/mol. The third-order valence-corrected chi connectivity index (χ3v) is 3.92. The van der Waals surface area contributed by atoms with Crippen LogP contribution in [0.3, 0.4) is 0 Å². The summed E-state index contributed by atoms with van der Waals surface area (Å²) in [5.41, 5.74) is 0. The second-order valence-corrected chi connectivity index (χ2v) is 4.99. The Labute approximate surface area is 92.0 Å². The minimum absolute atomic E-state index is 0.244. The van der Waals surface area contributed by atoms with Crippen LogP contribution in [0.4, 0.5) is 0 Å². The monoisotopic (exact) mass is 210 g/mol. The standard InChI is InChI=1S/C12H22N2O/c1-2-9-3-5-11(6-4-9)14-12(15)10-7-13-8-10/h9-11,13H,2-8H2,1H3,(H,14,15). The van der Waals surface area contributed by atoms with E-state index in [9.17, 15) is 4.79 Å². The second-order valence-electron chi connectivity index (χ2n) is 4.99. The fourth-order valence-corrected chi connectivity index (χ4v) is 2.51. The molecule has 2 fully saturated rings. The van der Waals surface area contributed by atoms with Crippen molar-refractivity contribution in [2.24, 2.45) is 11.8 Å². The summed E-state index contributed by atoms with van der Waals surface area (Å²) in [6, 6.07) is 0.459. The lowest BCUT2D eigenvalue weighted by molar-refractivity contribution is -0.127. The van der Waals surface area contributed by atoms with Gasteiger partial charge in [-0.3, -0.25) is 4.79 Å². The summed E-state index contributed by atoms with van der Waals surface area (Å²) < 4.78 is 0. The molecule has 3 nitrogen and oxygen atoms in total. The Bertz CT molecular complexity index is 218. The fourth-order valence-electron chi connectivity index (χ4n) is 2.51. The molecule has 15 heavy (non-hydrogen) atoms. The van der Waals surface area contributed by atoms with E-state index in [1.165, 1.54) is 32.1 Å². The smallest absolute Gasteiger partial charge is 0.225 e. The quantitative estimate of drug-likeness (QED) is 0.737. The molecule has 1 aliphatic carbocycles. The number of hydrogen-bond acceptors (Lipinski definition) is 2. The molecule has 0 aromatic rings. The van der Waals surface area contributed by atoms with Gasteiger partial charge in [0.15, 0.2) is 0 Å². The van der Waals surface area contributed by atoms with E-state index in [2.05, 4.69) is 17.6 Å². The molecular weight excluding hydrogens is 188 g/mol. The van der Waals surface area contributed by atoms with Crippen LogP contribution in [0, 0.1) is 11.8 Å². The van der Waals surface area contributed by atoms with Gasteiger partial charge in [-0.05, 0) is 31.6 Å². The summed E-state index contributed by atoms with van der Waals surface area (Å²) >= 11 is 0. The summed E-state index contributed by atoms with van der Waals surface area (Å²) in [5, 5.41) is 6.32. The third-order valence-electron chi connectivity index (χ3n) is 3.92. The molecule has 1 amide bonds. The van der Waals surface area contributed by atoms with E-state index in [0.29, 0.717) is 6.04 Å². The van der Waals surface area contributed by atoms with Gasteiger partial charge in [0.2, 0.25) is 5.91 Å². The fraction of sp³-hybridized carbons (Fsp3) is 0.917. The Morgan fingerprint density at radius 2 is 1.93 bits per heavy atom. The molecule has 1 heterocycles. The van der Waals surface area contributed by atoms with Crippen molar-refractivity contribution in [1.29, 1.82) is 0 Å². The van der Waals surface area contributed by atoms with Crippen LogP contribution in [0.5, 0.6) is 0 Å². The normalized spacial score (nSPS) is 32.1. The van der Waals surface area contributed by atoms with Crippen LogP contribution < -0.4 is 10.6 Å². The number of hydrogen-bond donors (Lipinski definition) is 2. The molecule has 0 spiro atoms. The van der Waals surface area contributed by atoms with E-state index in [-0.39, 0.29) is 11.8 Å². The summed E-state index contributed by atoms with van der Waals surface area (Å²) in [4.78, 5) is 11.7. The zero-order valence-electron chi connectivity index (χ0n) is 9.59. The molecule has 0 atom stereocenters. The molecule has 3 heteroatoms. The SMILES string of the molecule is CCC1CCC(NC(=O)C2CNC2)CC1. The van der Waals surface area contributed by atoms with Crippen LogP contribution in [0.1, 0.15) is 39.0 Å². The lowest BCUT2D eigenvalue weighted by atomic mass is 9.84. The van der Waals surface area contributed by atoms with Gasteiger partial charge >= 0.3 is 0 Å². The Morgan fingerprint density at radius 3 is 2.40 bits per heavy atom. The predicted octanol–water partition coefficient (Wildman–Crippen LogP) is 1.29. The molecule has 2 rings (SSSR count). The molecular formula is C12H22N2O. The predicted molar refractivity (Wildman–Crippen MR) is 60.5 cm³/mol. The first-order chi connectivity index (χ1) is 7.29. The maximum Gasteiger partial charge on any atom is 0.225 e. The van der Waals surface area contributed by atoms with Crippen LogP contribution in [-0.4, -0.2) is 25.0 Å².